The molecule has 0 aromatic carbocycles. The number of unbranched alkanes of at least 4 members (excludes halogenated alkanes) is 2. The quantitative estimate of drug-likeness (QED) is 0.0252. The molecule has 0 aliphatic heterocycles. The summed E-state index contributed by atoms with van der Waals surface area (Å²) in [7, 11) is 0. The van der Waals surface area contributed by atoms with Crippen LogP contribution >= 0.6 is 23.5 Å². The van der Waals surface area contributed by atoms with Crippen molar-refractivity contribution >= 4 is 142 Å². The van der Waals surface area contributed by atoms with Crippen LogP contribution in [0.5, 0.6) is 0 Å². The number of carbonyl (C=O) groups is 20. The minimum atomic E-state index is -1.95. The average molecular weight is 1690 g/mol. The highest BCUT2D eigenvalue weighted by Crippen LogP contribution is 2.16. The van der Waals surface area contributed by atoms with E-state index < -0.39 is 272 Å². The molecule has 44 nitrogen and oxygen atoms in total. The van der Waals surface area contributed by atoms with Gasteiger partial charge in [0.05, 0.1) is 38.0 Å². The van der Waals surface area contributed by atoms with Crippen LogP contribution in [-0.4, -0.2) is 263 Å². The first-order valence-electron chi connectivity index (χ1n) is 38.0. The highest BCUT2D eigenvalue weighted by Gasteiger charge is 2.40. The van der Waals surface area contributed by atoms with Crippen LogP contribution in [0.1, 0.15) is 165 Å². The second kappa shape index (κ2) is 56.3. The van der Waals surface area contributed by atoms with Crippen LogP contribution in [0.25, 0.3) is 0 Å². The topological polar surface area (TPSA) is 758 Å². The van der Waals surface area contributed by atoms with Gasteiger partial charge in [-0.2, -0.15) is 23.5 Å². The standard InChI is InChI=1S/C70H124N22O22S2/c1-11-35(6)55(91-66(109)46(30-51(77)97)88-60(103)39(17-13-15-25-72)82-62(105)43(23-27-116-10)85-67(110)54(34(4)5)90-65(108)45(29-50(76)96)87-58(101)38(73)16-12-14-24-71)68(111)86-42(22-26-115-9)59(102)80-36(7)57(100)79-32-53(99)81-44(28-33(2)3)64(107)84-40(18-20-48(74)94)61(104)83-41(19-21-49(75)95)63(106)92-56(37(8)93)69(112)89-47(70(113)114)31-52(78)98/h33-47,54-56,93H,11-32,71-73H2,1-10H3,(H2,74,94)(H2,75,95)(H2,76,96)(H2,77,97)(H2,78,98)(H,79,100)(H,80,102)(H,81,99)(H,82,105)(H,83,104)(H,84,107)(H,85,110)(H,86,111)(H,87,101)(H,88,103)(H,89,112)(H,90,108)(H,91,109)(H,92,106)(H,113,114)/t35-,36-,37+,38-,39-,40-,41-,42-,43-,44-,45-,46-,47-,54-,55-,56-/m0/s1. The maximum Gasteiger partial charge on any atom is 0.326 e. The average Bonchev–Trinajstić information content (AvgIpc) is 0.853. The van der Waals surface area contributed by atoms with Crippen LogP contribution in [-0.2, 0) is 95.9 Å². The van der Waals surface area contributed by atoms with Gasteiger partial charge >= 0.3 is 5.97 Å². The first-order chi connectivity index (χ1) is 54.3. The Labute approximate surface area is 681 Å². The third-order valence-corrected chi connectivity index (χ3v) is 19.0. The molecule has 0 aliphatic rings. The lowest BCUT2D eigenvalue weighted by molar-refractivity contribution is -0.144. The van der Waals surface area contributed by atoms with Crippen LogP contribution in [0.15, 0.2) is 0 Å². The Morgan fingerprint density at radius 2 is 0.707 bits per heavy atom. The van der Waals surface area contributed by atoms with Gasteiger partial charge in [0.2, 0.25) is 112 Å². The summed E-state index contributed by atoms with van der Waals surface area (Å²) in [5.74, 6) is -22.2. The number of aliphatic hydroxyl groups is 1. The zero-order chi connectivity index (χ0) is 88.8. The van der Waals surface area contributed by atoms with Crippen LogP contribution in [0.4, 0.5) is 0 Å². The van der Waals surface area contributed by atoms with Gasteiger partial charge in [-0.3, -0.25) is 91.1 Å². The highest BCUT2D eigenvalue weighted by atomic mass is 32.2. The number of nitrogens with one attached hydrogen (secondary N) is 14. The lowest BCUT2D eigenvalue weighted by Gasteiger charge is -2.29. The number of primary amides is 5. The molecule has 0 radical (unpaired) electrons. The number of carboxylic acids is 1. The van der Waals surface area contributed by atoms with Gasteiger partial charge in [-0.1, -0.05) is 54.4 Å². The minimum absolute atomic E-state index is 0.0272. The number of carboxylic acid groups (broad SMARTS) is 1. The fourth-order valence-electron chi connectivity index (χ4n) is 10.9. The summed E-state index contributed by atoms with van der Waals surface area (Å²) in [5, 5.41) is 53.7. The summed E-state index contributed by atoms with van der Waals surface area (Å²) >= 11 is 2.58. The molecule has 0 rings (SSSR count). The van der Waals surface area contributed by atoms with E-state index in [-0.39, 0.29) is 68.9 Å². The Hall–Kier alpha value is -10.1. The van der Waals surface area contributed by atoms with Crippen molar-refractivity contribution in [3.8, 4) is 0 Å². The van der Waals surface area contributed by atoms with Gasteiger partial charge in [0, 0.05) is 12.8 Å². The van der Waals surface area contributed by atoms with Crippen molar-refractivity contribution in [3.05, 3.63) is 0 Å². The molecule has 0 saturated heterocycles. The lowest BCUT2D eigenvalue weighted by atomic mass is 9.97. The zero-order valence-corrected chi connectivity index (χ0v) is 69.1. The van der Waals surface area contributed by atoms with E-state index in [0.29, 0.717) is 25.8 Å². The van der Waals surface area contributed by atoms with Crippen molar-refractivity contribution < 1.29 is 106 Å². The third kappa shape index (κ3) is 42.5. The van der Waals surface area contributed by atoms with Crippen molar-refractivity contribution in [2.45, 2.75) is 255 Å². The predicted octanol–water partition coefficient (Wildman–Crippen LogP) is -9.11. The van der Waals surface area contributed by atoms with Gasteiger partial charge in [0.1, 0.15) is 78.5 Å². The molecule has 32 N–H and O–H groups in total. The van der Waals surface area contributed by atoms with E-state index >= 15 is 0 Å². The molecule has 0 aromatic rings. The third-order valence-electron chi connectivity index (χ3n) is 17.7. The molecule has 0 unspecified atom stereocenters. The van der Waals surface area contributed by atoms with Crippen molar-refractivity contribution in [2.24, 2.45) is 63.6 Å². The number of hydrogen-bond donors (Lipinski definition) is 24. The molecule has 46 heteroatoms. The summed E-state index contributed by atoms with van der Waals surface area (Å²) in [6.07, 6.45) is -1.19. The molecule has 16 atom stereocenters. The smallest absolute Gasteiger partial charge is 0.326 e. The molecule has 0 aliphatic carbocycles. The number of carbonyl (C=O) groups excluding carboxylic acids is 19. The summed E-state index contributed by atoms with van der Waals surface area (Å²) < 4.78 is 0. The molecule has 658 valence electrons. The Morgan fingerprint density at radius 1 is 0.362 bits per heavy atom. The van der Waals surface area contributed by atoms with E-state index in [4.69, 9.17) is 45.9 Å². The van der Waals surface area contributed by atoms with E-state index in [1.54, 1.807) is 54.1 Å². The van der Waals surface area contributed by atoms with Crippen LogP contribution in [0, 0.1) is 17.8 Å². The lowest BCUT2D eigenvalue weighted by Crippen LogP contribution is -2.61. The number of rotatable bonds is 61. The molecular formula is C70H124N22O22S2. The van der Waals surface area contributed by atoms with E-state index in [1.165, 1.54) is 30.4 Å². The van der Waals surface area contributed by atoms with Crippen molar-refractivity contribution in [2.75, 3.05) is 43.7 Å². The summed E-state index contributed by atoms with van der Waals surface area (Å²) in [6.45, 7) is 11.7. The number of aliphatic hydroxyl groups excluding tert-OH is 1. The van der Waals surface area contributed by atoms with Crippen molar-refractivity contribution in [1.82, 2.24) is 74.4 Å². The first kappa shape index (κ1) is 106. The first-order valence-corrected chi connectivity index (χ1v) is 40.8. The fourth-order valence-corrected chi connectivity index (χ4v) is 11.9. The Morgan fingerprint density at radius 3 is 1.11 bits per heavy atom. The molecule has 19 amide bonds. The molecule has 116 heavy (non-hydrogen) atoms. The maximum absolute atomic E-state index is 14.4. The summed E-state index contributed by atoms with van der Waals surface area (Å²) in [4.78, 5) is 266. The van der Waals surface area contributed by atoms with Gasteiger partial charge in [-0.05, 0) is 133 Å². The monoisotopic (exact) mass is 1690 g/mol. The van der Waals surface area contributed by atoms with Gasteiger partial charge in [-0.15, -0.1) is 0 Å². The molecule has 0 saturated carbocycles. The van der Waals surface area contributed by atoms with Crippen LogP contribution in [0.2, 0.25) is 0 Å². The van der Waals surface area contributed by atoms with Gasteiger partial charge < -0.3 is 131 Å². The fraction of sp³-hybridized carbons (Fsp3) is 0.714. The number of thioether (sulfide) groups is 2. The van der Waals surface area contributed by atoms with Crippen molar-refractivity contribution in [3.63, 3.8) is 0 Å². The van der Waals surface area contributed by atoms with E-state index in [0.717, 1.165) is 6.92 Å². The summed E-state index contributed by atoms with van der Waals surface area (Å²) in [6, 6.07) is -21.8. The van der Waals surface area contributed by atoms with Gasteiger partial charge in [0.15, 0.2) is 0 Å². The van der Waals surface area contributed by atoms with Gasteiger partial charge in [0.25, 0.3) is 0 Å². The molecule has 0 spiro atoms. The second-order valence-electron chi connectivity index (χ2n) is 28.6. The number of nitrogens with two attached hydrogens (primary N) is 8. The Kier molecular flexibility index (Phi) is 51.4. The van der Waals surface area contributed by atoms with E-state index in [2.05, 4.69) is 69.1 Å². The highest BCUT2D eigenvalue weighted by molar-refractivity contribution is 7.98. The molecule has 0 bridgehead atoms. The van der Waals surface area contributed by atoms with Gasteiger partial charge in [-0.25, -0.2) is 4.79 Å². The van der Waals surface area contributed by atoms with Crippen molar-refractivity contribution in [1.29, 1.82) is 0 Å². The van der Waals surface area contributed by atoms with Crippen LogP contribution in [0.3, 0.4) is 0 Å². The number of amides is 19. The largest absolute Gasteiger partial charge is 0.480 e. The zero-order valence-electron chi connectivity index (χ0n) is 67.4. The SMILES string of the molecule is CC[C@H](C)[C@H](NC(=O)[C@H](CC(N)=O)NC(=O)[C@H](CCCCN)NC(=O)[C@H](CCSC)NC(=O)[C@@H](NC(=O)[C@H](CC(N)=O)NC(=O)[C@@H](N)CCCCN)C(C)C)C(=O)N[C@@H](CCSC)C(=O)N[C@@H](C)C(=O)NCC(=O)N[C@@H](CC(C)C)C(=O)N[C@@H](CCC(N)=O)C(=O)N[C@@H](CCC(N)=O)C(=O)N[C@H](C(=O)N[C@@H](CC(N)=O)C(=O)O)[C@@H](C)O. The minimum Gasteiger partial charge on any atom is -0.480 e. The molecule has 0 aromatic heterocycles. The molecule has 0 heterocycles. The second-order valence-corrected chi connectivity index (χ2v) is 30.6. The Bertz CT molecular complexity index is 3360. The number of hydrogen-bond acceptors (Lipinski definition) is 26. The summed E-state index contributed by atoms with van der Waals surface area (Å²) in [5.41, 5.74) is 44.2. The molecule has 0 fully saturated rings. The maximum atomic E-state index is 14.4. The van der Waals surface area contributed by atoms with Crippen LogP contribution < -0.4 is 120 Å². The predicted molar refractivity (Wildman–Crippen MR) is 425 cm³/mol. The number of aliphatic carboxylic acids is 1. The Balaban J connectivity index is 6.77. The van der Waals surface area contributed by atoms with E-state index in [9.17, 15) is 106 Å². The van der Waals surface area contributed by atoms with E-state index in [1.807, 2.05) is 5.32 Å². The molecular weight excluding hydrogens is 1570 g/mol. The normalized spacial score (nSPS) is 15.3.